The average molecular weight is 337 g/mol. The quantitative estimate of drug-likeness (QED) is 0.851. The van der Waals surface area contributed by atoms with Crippen LogP contribution in [0.25, 0.3) is 0 Å². The van der Waals surface area contributed by atoms with Gasteiger partial charge in [-0.05, 0) is 55.8 Å². The van der Waals surface area contributed by atoms with E-state index in [4.69, 9.17) is 4.74 Å². The van der Waals surface area contributed by atoms with Gasteiger partial charge >= 0.3 is 5.97 Å². The number of carbonyl (C=O) groups excluding carboxylic acids is 1. The molecule has 7 heteroatoms. The molecular weight excluding hydrogens is 321 g/mol. The fraction of sp³-hybridized carbons (Fsp3) is 0.188. The smallest absolute Gasteiger partial charge is 0.338 e. The van der Waals surface area contributed by atoms with Crippen LogP contribution >= 0.6 is 0 Å². The van der Waals surface area contributed by atoms with Crippen LogP contribution < -0.4 is 4.72 Å². The molecule has 0 aliphatic rings. The van der Waals surface area contributed by atoms with Crippen LogP contribution in [0.1, 0.15) is 22.8 Å². The molecule has 0 amide bonds. The predicted octanol–water partition coefficient (Wildman–Crippen LogP) is 3.11. The molecule has 1 N–H and O–H groups in total. The molecule has 0 aromatic heterocycles. The van der Waals surface area contributed by atoms with Gasteiger partial charge in [0.05, 0.1) is 22.8 Å². The predicted molar refractivity (Wildman–Crippen MR) is 84.3 cm³/mol. The molecule has 0 aliphatic carbocycles. The fourth-order valence-electron chi connectivity index (χ4n) is 1.89. The fourth-order valence-corrected chi connectivity index (χ4v) is 2.96. The Bertz CT molecular complexity index is 816. The van der Waals surface area contributed by atoms with Crippen LogP contribution in [0.2, 0.25) is 0 Å². The summed E-state index contributed by atoms with van der Waals surface area (Å²) in [6.45, 7) is 3.61. The summed E-state index contributed by atoms with van der Waals surface area (Å²) in [5.74, 6) is -1.19. The molecule has 0 saturated heterocycles. The van der Waals surface area contributed by atoms with E-state index in [1.165, 1.54) is 36.4 Å². The summed E-state index contributed by atoms with van der Waals surface area (Å²) in [4.78, 5) is 11.5. The molecule has 0 radical (unpaired) electrons. The van der Waals surface area contributed by atoms with Crippen LogP contribution in [-0.4, -0.2) is 21.0 Å². The Morgan fingerprint density at radius 2 is 1.83 bits per heavy atom. The zero-order valence-corrected chi connectivity index (χ0v) is 13.5. The van der Waals surface area contributed by atoms with Crippen molar-refractivity contribution < 1.29 is 22.3 Å². The van der Waals surface area contributed by atoms with Gasteiger partial charge in [0.1, 0.15) is 5.82 Å². The minimum Gasteiger partial charge on any atom is -0.462 e. The molecule has 2 aromatic rings. The number of nitrogens with one attached hydrogen (secondary N) is 1. The van der Waals surface area contributed by atoms with Gasteiger partial charge in [0.25, 0.3) is 10.0 Å². The molecule has 2 rings (SSSR count). The van der Waals surface area contributed by atoms with Crippen molar-refractivity contribution in [3.05, 3.63) is 59.4 Å². The monoisotopic (exact) mass is 337 g/mol. The number of hydrogen-bond donors (Lipinski definition) is 1. The highest BCUT2D eigenvalue weighted by atomic mass is 32.2. The van der Waals surface area contributed by atoms with Gasteiger partial charge in [-0.2, -0.15) is 0 Å². The molecule has 0 fully saturated rings. The molecule has 122 valence electrons. The van der Waals surface area contributed by atoms with Crippen LogP contribution in [0.3, 0.4) is 0 Å². The van der Waals surface area contributed by atoms with Crippen LogP contribution in [-0.2, 0) is 14.8 Å². The van der Waals surface area contributed by atoms with Gasteiger partial charge in [-0.15, -0.1) is 0 Å². The van der Waals surface area contributed by atoms with Gasteiger partial charge < -0.3 is 4.74 Å². The lowest BCUT2D eigenvalue weighted by molar-refractivity contribution is 0.0526. The number of aryl methyl sites for hydroxylation is 1. The van der Waals surface area contributed by atoms with Gasteiger partial charge in [0, 0.05) is 0 Å². The number of halogens is 1. The van der Waals surface area contributed by atoms with Crippen molar-refractivity contribution in [1.82, 2.24) is 0 Å². The number of sulfonamides is 1. The number of carbonyl (C=O) groups is 1. The van der Waals surface area contributed by atoms with Crippen LogP contribution in [0.5, 0.6) is 0 Å². The second-order valence-electron chi connectivity index (χ2n) is 4.83. The molecule has 0 heterocycles. The zero-order valence-electron chi connectivity index (χ0n) is 12.7. The first-order valence-corrected chi connectivity index (χ1v) is 8.38. The summed E-state index contributed by atoms with van der Waals surface area (Å²) < 4.78 is 45.3. The Balaban J connectivity index is 2.24. The zero-order chi connectivity index (χ0) is 17.0. The SMILES string of the molecule is CCOC(=O)c1ccc(S(=O)(=O)Nc2ccc(C)cc2F)cc1. The third-order valence-corrected chi connectivity index (χ3v) is 4.43. The largest absolute Gasteiger partial charge is 0.462 e. The van der Waals surface area contributed by atoms with E-state index in [1.807, 2.05) is 0 Å². The number of hydrogen-bond acceptors (Lipinski definition) is 4. The number of anilines is 1. The second-order valence-corrected chi connectivity index (χ2v) is 6.52. The van der Waals surface area contributed by atoms with E-state index in [1.54, 1.807) is 19.9 Å². The van der Waals surface area contributed by atoms with Crippen molar-refractivity contribution in [1.29, 1.82) is 0 Å². The number of rotatable bonds is 5. The lowest BCUT2D eigenvalue weighted by Crippen LogP contribution is -2.14. The molecule has 0 bridgehead atoms. The third-order valence-electron chi connectivity index (χ3n) is 3.04. The van der Waals surface area contributed by atoms with Crippen molar-refractivity contribution in [3.63, 3.8) is 0 Å². The van der Waals surface area contributed by atoms with E-state index in [-0.39, 0.29) is 22.8 Å². The molecule has 2 aromatic carbocycles. The molecule has 0 spiro atoms. The summed E-state index contributed by atoms with van der Waals surface area (Å²) in [5, 5.41) is 0. The van der Waals surface area contributed by atoms with Gasteiger partial charge in [-0.25, -0.2) is 17.6 Å². The summed E-state index contributed by atoms with van der Waals surface area (Å²) in [6.07, 6.45) is 0. The maximum absolute atomic E-state index is 13.8. The van der Waals surface area contributed by atoms with Crippen molar-refractivity contribution in [2.75, 3.05) is 11.3 Å². The first-order valence-electron chi connectivity index (χ1n) is 6.89. The van der Waals surface area contributed by atoms with Gasteiger partial charge in [-0.1, -0.05) is 6.07 Å². The van der Waals surface area contributed by atoms with Crippen molar-refractivity contribution in [2.45, 2.75) is 18.7 Å². The normalized spacial score (nSPS) is 11.1. The topological polar surface area (TPSA) is 72.5 Å². The van der Waals surface area contributed by atoms with E-state index < -0.39 is 21.8 Å². The Labute approximate surface area is 134 Å². The minimum absolute atomic E-state index is 0.0782. The van der Waals surface area contributed by atoms with Gasteiger partial charge in [0.2, 0.25) is 0 Å². The highest BCUT2D eigenvalue weighted by Crippen LogP contribution is 2.20. The van der Waals surface area contributed by atoms with Crippen LogP contribution in [0.15, 0.2) is 47.4 Å². The van der Waals surface area contributed by atoms with Gasteiger partial charge in [0.15, 0.2) is 0 Å². The summed E-state index contributed by atoms with van der Waals surface area (Å²) >= 11 is 0. The Morgan fingerprint density at radius 3 is 2.39 bits per heavy atom. The van der Waals surface area contributed by atoms with E-state index in [9.17, 15) is 17.6 Å². The lowest BCUT2D eigenvalue weighted by atomic mass is 10.2. The molecular formula is C16H16FNO4S. The number of benzene rings is 2. The van der Waals surface area contributed by atoms with Crippen molar-refractivity contribution >= 4 is 21.7 Å². The molecule has 0 unspecified atom stereocenters. The van der Waals surface area contributed by atoms with E-state index in [0.29, 0.717) is 5.56 Å². The maximum atomic E-state index is 13.8. The summed E-state index contributed by atoms with van der Waals surface area (Å²) in [7, 11) is -3.95. The van der Waals surface area contributed by atoms with Crippen molar-refractivity contribution in [2.24, 2.45) is 0 Å². The highest BCUT2D eigenvalue weighted by molar-refractivity contribution is 7.92. The Morgan fingerprint density at radius 1 is 1.17 bits per heavy atom. The summed E-state index contributed by atoms with van der Waals surface area (Å²) in [6, 6.07) is 9.42. The maximum Gasteiger partial charge on any atom is 0.338 e. The first kappa shape index (κ1) is 17.0. The molecule has 0 atom stereocenters. The summed E-state index contributed by atoms with van der Waals surface area (Å²) in [5.41, 5.74) is 0.793. The van der Waals surface area contributed by atoms with E-state index in [2.05, 4.69) is 4.72 Å². The van der Waals surface area contributed by atoms with E-state index in [0.717, 1.165) is 0 Å². The molecule has 23 heavy (non-hydrogen) atoms. The minimum atomic E-state index is -3.95. The van der Waals surface area contributed by atoms with Crippen LogP contribution in [0.4, 0.5) is 10.1 Å². The van der Waals surface area contributed by atoms with E-state index >= 15 is 0 Å². The third kappa shape index (κ3) is 4.07. The first-order chi connectivity index (χ1) is 10.8. The standard InChI is InChI=1S/C16H16FNO4S/c1-3-22-16(19)12-5-7-13(8-6-12)23(20,21)18-15-9-4-11(2)10-14(15)17/h4-10,18H,3H2,1-2H3. The Kier molecular flexibility index (Phi) is 5.00. The Hall–Kier alpha value is -2.41. The lowest BCUT2D eigenvalue weighted by Gasteiger charge is -2.10. The average Bonchev–Trinajstić information content (AvgIpc) is 2.50. The second kappa shape index (κ2) is 6.78. The molecule has 0 saturated carbocycles. The number of esters is 1. The highest BCUT2D eigenvalue weighted by Gasteiger charge is 2.17. The molecule has 0 aliphatic heterocycles. The van der Waals surface area contributed by atoms with Crippen LogP contribution in [0, 0.1) is 12.7 Å². The van der Waals surface area contributed by atoms with Gasteiger partial charge in [-0.3, -0.25) is 4.72 Å². The number of ether oxygens (including phenoxy) is 1. The molecule has 5 nitrogen and oxygen atoms in total. The van der Waals surface area contributed by atoms with Crippen molar-refractivity contribution in [3.8, 4) is 0 Å².